The maximum Gasteiger partial charge on any atom is 0.267 e. The van der Waals surface area contributed by atoms with Crippen LogP contribution in [0.4, 0.5) is 5.69 Å². The Hall–Kier alpha value is -3.39. The molecular weight excluding hydrogens is 386 g/mol. The van der Waals surface area contributed by atoms with Crippen LogP contribution in [0.15, 0.2) is 53.6 Å². The molecule has 0 saturated heterocycles. The molecule has 2 unspecified atom stereocenters. The molecule has 30 heavy (non-hydrogen) atoms. The molecule has 1 aliphatic heterocycles. The van der Waals surface area contributed by atoms with E-state index in [4.69, 9.17) is 9.47 Å². The number of nitrogens with one attached hydrogen (secondary N) is 1. The number of aliphatic hydroxyl groups excluding tert-OH is 1. The molecule has 2 N–H and O–H groups in total. The first-order chi connectivity index (χ1) is 14.4. The number of ether oxygens (including phenoxy) is 2. The van der Waals surface area contributed by atoms with Crippen LogP contribution < -0.4 is 19.8 Å². The maximum atomic E-state index is 12.7. The van der Waals surface area contributed by atoms with E-state index in [1.165, 1.54) is 21.1 Å². The zero-order valence-corrected chi connectivity index (χ0v) is 17.2. The molecule has 0 aromatic heterocycles. The highest BCUT2D eigenvalue weighted by molar-refractivity contribution is 6.40. The first kappa shape index (κ1) is 21.3. The highest BCUT2D eigenvalue weighted by atomic mass is 16.5. The lowest BCUT2D eigenvalue weighted by atomic mass is 10.1. The van der Waals surface area contributed by atoms with Crippen LogP contribution >= 0.6 is 0 Å². The predicted octanol–water partition coefficient (Wildman–Crippen LogP) is 2.08. The molecule has 2 aromatic carbocycles. The Kier molecular flexibility index (Phi) is 6.68. The molecule has 0 radical (unpaired) electrons. The zero-order chi connectivity index (χ0) is 21.7. The van der Waals surface area contributed by atoms with Gasteiger partial charge in [0, 0.05) is 18.5 Å². The van der Waals surface area contributed by atoms with Gasteiger partial charge in [-0.25, -0.2) is 0 Å². The molecule has 0 bridgehead atoms. The highest BCUT2D eigenvalue weighted by Gasteiger charge is 2.34. The average molecular weight is 411 g/mol. The number of aliphatic hydroxyl groups is 1. The third-order valence-electron chi connectivity index (χ3n) is 4.91. The fourth-order valence-electron chi connectivity index (χ4n) is 3.28. The van der Waals surface area contributed by atoms with Crippen molar-refractivity contribution in [2.75, 3.05) is 25.8 Å². The highest BCUT2D eigenvalue weighted by Crippen LogP contribution is 2.29. The summed E-state index contributed by atoms with van der Waals surface area (Å²) in [5.41, 5.74) is 1.48. The van der Waals surface area contributed by atoms with Gasteiger partial charge in [0.25, 0.3) is 5.91 Å². The number of methoxy groups -OCH3 is 2. The number of hydrogen-bond donors (Lipinski definition) is 2. The minimum atomic E-state index is -1.00. The summed E-state index contributed by atoms with van der Waals surface area (Å²) in [6, 6.07) is 13.8. The zero-order valence-electron chi connectivity index (χ0n) is 17.2. The number of hydrogen-bond acceptors (Lipinski definition) is 7. The minimum absolute atomic E-state index is 0.0442. The molecule has 8 nitrogen and oxygen atoms in total. The lowest BCUT2D eigenvalue weighted by Gasteiger charge is -2.20. The Labute approximate surface area is 175 Å². The van der Waals surface area contributed by atoms with Gasteiger partial charge in [-0.1, -0.05) is 18.2 Å². The molecular formula is C22H25N3O5. The van der Waals surface area contributed by atoms with Crippen LogP contribution in [0.5, 0.6) is 11.5 Å². The molecule has 1 amide bonds. The maximum absolute atomic E-state index is 12.7. The van der Waals surface area contributed by atoms with Crippen molar-refractivity contribution in [2.24, 2.45) is 5.10 Å². The van der Waals surface area contributed by atoms with Crippen LogP contribution in [0, 0.1) is 0 Å². The second kappa shape index (κ2) is 9.41. The Morgan fingerprint density at radius 2 is 1.93 bits per heavy atom. The normalized spacial score (nSPS) is 16.6. The SMILES string of the molecule is COc1ccc(OC)c(C(O)CNC(=O)C2=NN(c3ccccc3)C(C(C)=O)C2)c1. The summed E-state index contributed by atoms with van der Waals surface area (Å²) >= 11 is 0. The summed E-state index contributed by atoms with van der Waals surface area (Å²) in [5, 5.41) is 19.2. The number of rotatable bonds is 8. The van der Waals surface area contributed by atoms with Gasteiger partial charge in [0.1, 0.15) is 29.4 Å². The Morgan fingerprint density at radius 1 is 1.20 bits per heavy atom. The molecule has 1 heterocycles. The molecule has 158 valence electrons. The topological polar surface area (TPSA) is 100 Å². The molecule has 1 aliphatic rings. The molecule has 3 rings (SSSR count). The van der Waals surface area contributed by atoms with Crippen molar-refractivity contribution in [3.05, 3.63) is 54.1 Å². The number of carbonyl (C=O) groups excluding carboxylic acids is 2. The second-order valence-corrected chi connectivity index (χ2v) is 6.89. The van der Waals surface area contributed by atoms with Gasteiger partial charge in [-0.05, 0) is 37.3 Å². The lowest BCUT2D eigenvalue weighted by molar-refractivity contribution is -0.118. The Bertz CT molecular complexity index is 945. The fraction of sp³-hybridized carbons (Fsp3) is 0.318. The number of hydrazone groups is 1. The van der Waals surface area contributed by atoms with Crippen molar-refractivity contribution in [3.8, 4) is 11.5 Å². The van der Waals surface area contributed by atoms with Crippen molar-refractivity contribution in [3.63, 3.8) is 0 Å². The van der Waals surface area contributed by atoms with Gasteiger partial charge >= 0.3 is 0 Å². The van der Waals surface area contributed by atoms with Crippen LogP contribution in [0.1, 0.15) is 25.0 Å². The van der Waals surface area contributed by atoms with Crippen LogP contribution in [0.3, 0.4) is 0 Å². The van der Waals surface area contributed by atoms with Gasteiger partial charge in [0.15, 0.2) is 5.78 Å². The van der Waals surface area contributed by atoms with E-state index in [0.717, 1.165) is 5.69 Å². The molecule has 0 saturated carbocycles. The van der Waals surface area contributed by atoms with Gasteiger partial charge in [-0.3, -0.25) is 14.6 Å². The minimum Gasteiger partial charge on any atom is -0.497 e. The number of anilines is 1. The van der Waals surface area contributed by atoms with Gasteiger partial charge in [0.05, 0.1) is 19.9 Å². The summed E-state index contributed by atoms with van der Waals surface area (Å²) in [4.78, 5) is 24.7. The monoisotopic (exact) mass is 411 g/mol. The largest absolute Gasteiger partial charge is 0.497 e. The lowest BCUT2D eigenvalue weighted by Crippen LogP contribution is -2.35. The first-order valence-corrected chi connectivity index (χ1v) is 9.55. The number of benzene rings is 2. The van der Waals surface area contributed by atoms with E-state index in [1.807, 2.05) is 30.3 Å². The van der Waals surface area contributed by atoms with E-state index < -0.39 is 18.1 Å². The van der Waals surface area contributed by atoms with Crippen molar-refractivity contribution in [1.82, 2.24) is 5.32 Å². The number of Topliss-reactive ketones (excluding diaryl/α,β-unsaturated/α-hetero) is 1. The third kappa shape index (κ3) is 4.60. The summed E-state index contributed by atoms with van der Waals surface area (Å²) in [6.07, 6.45) is -0.802. The van der Waals surface area contributed by atoms with Crippen molar-refractivity contribution in [2.45, 2.75) is 25.5 Å². The average Bonchev–Trinajstić information content (AvgIpc) is 3.23. The van der Waals surface area contributed by atoms with E-state index in [-0.39, 0.29) is 24.5 Å². The van der Waals surface area contributed by atoms with E-state index in [9.17, 15) is 14.7 Å². The summed E-state index contributed by atoms with van der Waals surface area (Å²) in [5.74, 6) is 0.550. The van der Waals surface area contributed by atoms with Crippen LogP contribution in [0.25, 0.3) is 0 Å². The number of nitrogens with zero attached hydrogens (tertiary/aromatic N) is 2. The first-order valence-electron chi connectivity index (χ1n) is 9.55. The standard InChI is InChI=1S/C22H25N3O5/c1-14(26)19-12-18(24-25(19)15-7-5-4-6-8-15)22(28)23-13-20(27)17-11-16(29-2)9-10-21(17)30-3/h4-11,19-20,27H,12-13H2,1-3H3,(H,23,28). The molecule has 8 heteroatoms. The van der Waals surface area contributed by atoms with Crippen molar-refractivity contribution in [1.29, 1.82) is 0 Å². The van der Waals surface area contributed by atoms with Crippen LogP contribution in [0.2, 0.25) is 0 Å². The Balaban J connectivity index is 1.71. The predicted molar refractivity (Wildman–Crippen MR) is 113 cm³/mol. The number of amides is 1. The molecule has 0 spiro atoms. The summed E-state index contributed by atoms with van der Waals surface area (Å²) < 4.78 is 10.5. The number of ketones is 1. The molecule has 0 fully saturated rings. The quantitative estimate of drug-likeness (QED) is 0.690. The van der Waals surface area contributed by atoms with Crippen molar-refractivity contribution < 1.29 is 24.2 Å². The number of para-hydroxylation sites is 1. The van der Waals surface area contributed by atoms with Crippen LogP contribution in [-0.4, -0.2) is 49.3 Å². The summed E-state index contributed by atoms with van der Waals surface area (Å²) in [7, 11) is 3.03. The number of carbonyl (C=O) groups is 2. The molecule has 0 aliphatic carbocycles. The van der Waals surface area contributed by atoms with Crippen molar-refractivity contribution >= 4 is 23.1 Å². The smallest absolute Gasteiger partial charge is 0.267 e. The Morgan fingerprint density at radius 3 is 2.57 bits per heavy atom. The van der Waals surface area contributed by atoms with Gasteiger partial charge in [-0.2, -0.15) is 5.10 Å². The van der Waals surface area contributed by atoms with E-state index in [2.05, 4.69) is 10.4 Å². The molecule has 2 atom stereocenters. The third-order valence-corrected chi connectivity index (χ3v) is 4.91. The van der Waals surface area contributed by atoms with Gasteiger partial charge in [0.2, 0.25) is 0 Å². The molecule has 2 aromatic rings. The summed E-state index contributed by atoms with van der Waals surface area (Å²) in [6.45, 7) is 1.44. The van der Waals surface area contributed by atoms with E-state index in [1.54, 1.807) is 23.2 Å². The second-order valence-electron chi connectivity index (χ2n) is 6.89. The van der Waals surface area contributed by atoms with Crippen LogP contribution in [-0.2, 0) is 9.59 Å². The van der Waals surface area contributed by atoms with E-state index >= 15 is 0 Å². The fourth-order valence-corrected chi connectivity index (χ4v) is 3.28. The van der Waals surface area contributed by atoms with E-state index in [0.29, 0.717) is 17.1 Å². The van der Waals surface area contributed by atoms with Gasteiger partial charge in [-0.15, -0.1) is 0 Å². The van der Waals surface area contributed by atoms with Gasteiger partial charge < -0.3 is 19.9 Å².